The number of anilines is 1. The predicted molar refractivity (Wildman–Crippen MR) is 92.1 cm³/mol. The molecule has 2 nitrogen and oxygen atoms in total. The number of nitrogens with one attached hydrogen (secondary N) is 1. The van der Waals surface area contributed by atoms with Gasteiger partial charge in [-0.15, -0.1) is 0 Å². The van der Waals surface area contributed by atoms with Crippen LogP contribution in [0.5, 0.6) is 0 Å². The van der Waals surface area contributed by atoms with Gasteiger partial charge in [0, 0.05) is 28.7 Å². The number of halogens is 1. The number of rotatable bonds is 6. The molecule has 0 heterocycles. The first kappa shape index (κ1) is 15.8. The molecule has 0 saturated heterocycles. The van der Waals surface area contributed by atoms with E-state index in [0.29, 0.717) is 18.9 Å². The van der Waals surface area contributed by atoms with Crippen LogP contribution in [0.3, 0.4) is 0 Å². The highest BCUT2D eigenvalue weighted by atomic mass is 79.9. The summed E-state index contributed by atoms with van der Waals surface area (Å²) in [6.45, 7) is 5.00. The second-order valence-electron chi connectivity index (χ2n) is 5.39. The van der Waals surface area contributed by atoms with Gasteiger partial charge < -0.3 is 5.32 Å². The van der Waals surface area contributed by atoms with Crippen LogP contribution >= 0.6 is 15.9 Å². The van der Waals surface area contributed by atoms with Gasteiger partial charge in [-0.1, -0.05) is 54.0 Å². The second-order valence-corrected chi connectivity index (χ2v) is 6.30. The Balaban J connectivity index is 1.85. The minimum Gasteiger partial charge on any atom is -0.385 e. The number of hydrogen-bond acceptors (Lipinski definition) is 2. The summed E-state index contributed by atoms with van der Waals surface area (Å²) in [6.07, 6.45) is 0.488. The lowest BCUT2D eigenvalue weighted by atomic mass is 10.0. The number of carbonyl (C=O) groups excluding carboxylic acids is 1. The Morgan fingerprint density at radius 1 is 1.14 bits per heavy atom. The Kier molecular flexibility index (Phi) is 5.57. The summed E-state index contributed by atoms with van der Waals surface area (Å²) in [4.78, 5) is 12.1. The van der Waals surface area contributed by atoms with Crippen molar-refractivity contribution in [2.45, 2.75) is 26.2 Å². The van der Waals surface area contributed by atoms with Crippen molar-refractivity contribution in [2.24, 2.45) is 0 Å². The van der Waals surface area contributed by atoms with Crippen LogP contribution in [0.15, 0.2) is 53.0 Å². The average Bonchev–Trinajstić information content (AvgIpc) is 2.47. The van der Waals surface area contributed by atoms with E-state index in [9.17, 15) is 4.79 Å². The van der Waals surface area contributed by atoms with Crippen LogP contribution in [-0.2, 0) is 0 Å². The molecule has 2 aromatic rings. The Morgan fingerprint density at radius 2 is 1.86 bits per heavy atom. The van der Waals surface area contributed by atoms with Crippen LogP contribution in [0, 0.1) is 0 Å². The third-order valence-electron chi connectivity index (χ3n) is 3.41. The lowest BCUT2D eigenvalue weighted by molar-refractivity contribution is 0.0986. The molecule has 0 aromatic heterocycles. The van der Waals surface area contributed by atoms with Crippen molar-refractivity contribution in [3.8, 4) is 0 Å². The molecule has 0 fully saturated rings. The molecule has 0 unspecified atom stereocenters. The number of ketones is 1. The maximum absolute atomic E-state index is 12.1. The van der Waals surface area contributed by atoms with Gasteiger partial charge in [-0.25, -0.2) is 0 Å². The maximum atomic E-state index is 12.1. The van der Waals surface area contributed by atoms with Crippen LogP contribution in [0.1, 0.15) is 42.1 Å². The first-order valence-corrected chi connectivity index (χ1v) is 7.98. The van der Waals surface area contributed by atoms with E-state index in [0.717, 1.165) is 15.7 Å². The predicted octanol–water partition coefficient (Wildman–Crippen LogP) is 5.26. The molecule has 0 spiro atoms. The molecule has 21 heavy (non-hydrogen) atoms. The van der Waals surface area contributed by atoms with Gasteiger partial charge in [0.25, 0.3) is 0 Å². The van der Waals surface area contributed by atoms with Crippen molar-refractivity contribution in [1.82, 2.24) is 0 Å². The Bertz CT molecular complexity index is 605. The van der Waals surface area contributed by atoms with Crippen molar-refractivity contribution in [3.63, 3.8) is 0 Å². The van der Waals surface area contributed by atoms with E-state index in [1.807, 2.05) is 24.3 Å². The van der Waals surface area contributed by atoms with Gasteiger partial charge in [-0.3, -0.25) is 4.79 Å². The van der Waals surface area contributed by atoms with Crippen molar-refractivity contribution in [2.75, 3.05) is 11.9 Å². The molecule has 0 radical (unpaired) electrons. The van der Waals surface area contributed by atoms with E-state index in [2.05, 4.69) is 59.4 Å². The molecule has 110 valence electrons. The van der Waals surface area contributed by atoms with Gasteiger partial charge >= 0.3 is 0 Å². The SMILES string of the molecule is CC(C)c1ccc(NCCC(=O)c2cccc(Br)c2)cc1. The zero-order valence-electron chi connectivity index (χ0n) is 12.4. The molecule has 0 bridgehead atoms. The third-order valence-corrected chi connectivity index (χ3v) is 3.90. The normalized spacial score (nSPS) is 10.7. The van der Waals surface area contributed by atoms with Crippen LogP contribution in [0.25, 0.3) is 0 Å². The summed E-state index contributed by atoms with van der Waals surface area (Å²) in [7, 11) is 0. The summed E-state index contributed by atoms with van der Waals surface area (Å²) in [5.74, 6) is 0.694. The Morgan fingerprint density at radius 3 is 2.48 bits per heavy atom. The molecular formula is C18H20BrNO. The third kappa shape index (κ3) is 4.71. The van der Waals surface area contributed by atoms with Gasteiger partial charge in [0.1, 0.15) is 0 Å². The highest BCUT2D eigenvalue weighted by molar-refractivity contribution is 9.10. The molecular weight excluding hydrogens is 326 g/mol. The Labute approximate surface area is 134 Å². The standard InChI is InChI=1S/C18H20BrNO/c1-13(2)14-6-8-17(9-7-14)20-11-10-18(21)15-4-3-5-16(19)12-15/h3-9,12-13,20H,10-11H2,1-2H3. The number of hydrogen-bond donors (Lipinski definition) is 1. The quantitative estimate of drug-likeness (QED) is 0.723. The molecule has 2 aromatic carbocycles. The molecule has 0 aliphatic rings. The molecule has 0 amide bonds. The Hall–Kier alpha value is -1.61. The smallest absolute Gasteiger partial charge is 0.164 e. The average molecular weight is 346 g/mol. The fourth-order valence-electron chi connectivity index (χ4n) is 2.11. The minimum absolute atomic E-state index is 0.155. The fraction of sp³-hybridized carbons (Fsp3) is 0.278. The zero-order chi connectivity index (χ0) is 15.2. The van der Waals surface area contributed by atoms with Crippen molar-refractivity contribution >= 4 is 27.4 Å². The first-order valence-electron chi connectivity index (χ1n) is 7.19. The van der Waals surface area contributed by atoms with E-state index in [1.54, 1.807) is 0 Å². The van der Waals surface area contributed by atoms with Gasteiger partial charge in [0.05, 0.1) is 0 Å². The zero-order valence-corrected chi connectivity index (χ0v) is 14.0. The summed E-state index contributed by atoms with van der Waals surface area (Å²) in [6, 6.07) is 15.9. The molecule has 1 N–H and O–H groups in total. The molecule has 0 atom stereocenters. The topological polar surface area (TPSA) is 29.1 Å². The van der Waals surface area contributed by atoms with Gasteiger partial charge in [-0.05, 0) is 35.7 Å². The molecule has 0 aliphatic carbocycles. The van der Waals surface area contributed by atoms with Crippen molar-refractivity contribution in [1.29, 1.82) is 0 Å². The monoisotopic (exact) mass is 345 g/mol. The number of Topliss-reactive ketones (excluding diaryl/α,β-unsaturated/α-hetero) is 1. The highest BCUT2D eigenvalue weighted by Gasteiger charge is 2.06. The van der Waals surface area contributed by atoms with E-state index in [1.165, 1.54) is 5.56 Å². The van der Waals surface area contributed by atoms with Gasteiger partial charge in [0.15, 0.2) is 5.78 Å². The highest BCUT2D eigenvalue weighted by Crippen LogP contribution is 2.17. The second kappa shape index (κ2) is 7.41. The maximum Gasteiger partial charge on any atom is 0.164 e. The number of benzene rings is 2. The summed E-state index contributed by atoms with van der Waals surface area (Å²) in [5, 5.41) is 3.29. The van der Waals surface area contributed by atoms with E-state index in [4.69, 9.17) is 0 Å². The molecule has 3 heteroatoms. The lowest BCUT2D eigenvalue weighted by Crippen LogP contribution is -2.09. The fourth-order valence-corrected chi connectivity index (χ4v) is 2.51. The van der Waals surface area contributed by atoms with Gasteiger partial charge in [-0.2, -0.15) is 0 Å². The van der Waals surface area contributed by atoms with E-state index in [-0.39, 0.29) is 5.78 Å². The number of carbonyl (C=O) groups is 1. The molecule has 0 saturated carbocycles. The van der Waals surface area contributed by atoms with E-state index >= 15 is 0 Å². The largest absolute Gasteiger partial charge is 0.385 e. The molecule has 2 rings (SSSR count). The first-order chi connectivity index (χ1) is 10.1. The summed E-state index contributed by atoms with van der Waals surface area (Å²) >= 11 is 3.39. The lowest BCUT2D eigenvalue weighted by Gasteiger charge is -2.09. The van der Waals surface area contributed by atoms with Crippen LogP contribution < -0.4 is 5.32 Å². The van der Waals surface area contributed by atoms with Crippen LogP contribution in [0.4, 0.5) is 5.69 Å². The minimum atomic E-state index is 0.155. The molecule has 0 aliphatic heterocycles. The van der Waals surface area contributed by atoms with Crippen LogP contribution in [-0.4, -0.2) is 12.3 Å². The van der Waals surface area contributed by atoms with Crippen molar-refractivity contribution < 1.29 is 4.79 Å². The summed E-state index contributed by atoms with van der Waals surface area (Å²) < 4.78 is 0.936. The van der Waals surface area contributed by atoms with E-state index < -0.39 is 0 Å². The summed E-state index contributed by atoms with van der Waals surface area (Å²) in [5.41, 5.74) is 3.13. The van der Waals surface area contributed by atoms with Crippen molar-refractivity contribution in [3.05, 3.63) is 64.1 Å². The van der Waals surface area contributed by atoms with Crippen LogP contribution in [0.2, 0.25) is 0 Å². The van der Waals surface area contributed by atoms with Gasteiger partial charge in [0.2, 0.25) is 0 Å².